The van der Waals surface area contributed by atoms with Crippen molar-refractivity contribution in [2.24, 2.45) is 7.05 Å². The topological polar surface area (TPSA) is 85.8 Å². The smallest absolute Gasteiger partial charge is 0.257 e. The Kier molecular flexibility index (Phi) is 6.13. The summed E-state index contributed by atoms with van der Waals surface area (Å²) in [7, 11) is 1.84. The molecular formula is C22H20FN5O2S. The fourth-order valence-corrected chi connectivity index (χ4v) is 3.92. The van der Waals surface area contributed by atoms with Gasteiger partial charge in [0.1, 0.15) is 22.8 Å². The third kappa shape index (κ3) is 4.66. The summed E-state index contributed by atoms with van der Waals surface area (Å²) in [5.41, 5.74) is 2.70. The Hall–Kier alpha value is -3.46. The molecule has 7 nitrogen and oxygen atoms in total. The molecule has 4 aromatic rings. The van der Waals surface area contributed by atoms with E-state index in [1.165, 1.54) is 23.9 Å². The zero-order chi connectivity index (χ0) is 21.8. The first-order valence-corrected chi connectivity index (χ1v) is 10.6. The van der Waals surface area contributed by atoms with E-state index in [2.05, 4.69) is 20.7 Å². The third-order valence-corrected chi connectivity index (χ3v) is 5.84. The minimum Gasteiger partial charge on any atom is -0.360 e. The number of hydrogen-bond acceptors (Lipinski definition) is 6. The molecule has 158 valence electrons. The largest absolute Gasteiger partial charge is 0.360 e. The van der Waals surface area contributed by atoms with Crippen LogP contribution < -0.4 is 5.32 Å². The second kappa shape index (κ2) is 9.13. The highest BCUT2D eigenvalue weighted by molar-refractivity contribution is 7.98. The highest BCUT2D eigenvalue weighted by atomic mass is 32.2. The van der Waals surface area contributed by atoms with Crippen LogP contribution in [0.3, 0.4) is 0 Å². The Morgan fingerprint density at radius 2 is 1.87 bits per heavy atom. The quantitative estimate of drug-likeness (QED) is 0.438. The number of aryl methyl sites for hydroxylation is 1. The molecular weight excluding hydrogens is 417 g/mol. The van der Waals surface area contributed by atoms with Crippen molar-refractivity contribution in [3.8, 4) is 11.3 Å². The highest BCUT2D eigenvalue weighted by Gasteiger charge is 2.22. The van der Waals surface area contributed by atoms with E-state index in [-0.39, 0.29) is 18.3 Å². The van der Waals surface area contributed by atoms with Gasteiger partial charge in [-0.3, -0.25) is 4.79 Å². The lowest BCUT2D eigenvalue weighted by Crippen LogP contribution is -2.25. The number of aromatic nitrogens is 4. The monoisotopic (exact) mass is 437 g/mol. The fraction of sp³-hybridized carbons (Fsp3) is 0.182. The molecule has 0 atom stereocenters. The number of hydrogen-bond donors (Lipinski definition) is 1. The molecule has 0 unspecified atom stereocenters. The van der Waals surface area contributed by atoms with Crippen LogP contribution in [-0.2, 0) is 19.3 Å². The summed E-state index contributed by atoms with van der Waals surface area (Å²) in [5, 5.41) is 16.0. The fourth-order valence-electron chi connectivity index (χ4n) is 3.03. The van der Waals surface area contributed by atoms with Crippen molar-refractivity contribution in [3.05, 3.63) is 83.1 Å². The number of carbonyl (C=O) groups excluding carboxylic acids is 1. The van der Waals surface area contributed by atoms with E-state index in [0.29, 0.717) is 33.8 Å². The van der Waals surface area contributed by atoms with Gasteiger partial charge in [0, 0.05) is 18.4 Å². The summed E-state index contributed by atoms with van der Waals surface area (Å²) in [4.78, 5) is 12.8. The van der Waals surface area contributed by atoms with E-state index in [9.17, 15) is 9.18 Å². The van der Waals surface area contributed by atoms with Crippen molar-refractivity contribution in [1.29, 1.82) is 0 Å². The van der Waals surface area contributed by atoms with E-state index in [1.807, 2.05) is 41.9 Å². The lowest BCUT2D eigenvalue weighted by atomic mass is 10.1. The Balaban J connectivity index is 1.42. The molecule has 31 heavy (non-hydrogen) atoms. The van der Waals surface area contributed by atoms with Crippen molar-refractivity contribution in [2.45, 2.75) is 24.4 Å². The predicted octanol–water partition coefficient (Wildman–Crippen LogP) is 4.14. The van der Waals surface area contributed by atoms with Crippen LogP contribution in [-0.4, -0.2) is 25.8 Å². The van der Waals surface area contributed by atoms with Gasteiger partial charge >= 0.3 is 0 Å². The SMILES string of the molecule is Cc1onc(-c2ccccc2)c1C(=O)NCc1nnc(SCc2ccc(F)cc2)n1C. The van der Waals surface area contributed by atoms with Crippen LogP contribution in [0.5, 0.6) is 0 Å². The van der Waals surface area contributed by atoms with Gasteiger partial charge in [-0.2, -0.15) is 0 Å². The van der Waals surface area contributed by atoms with Gasteiger partial charge in [0.15, 0.2) is 11.0 Å². The van der Waals surface area contributed by atoms with Gasteiger partial charge in [-0.05, 0) is 24.6 Å². The first-order chi connectivity index (χ1) is 15.0. The van der Waals surface area contributed by atoms with Crippen molar-refractivity contribution in [2.75, 3.05) is 0 Å². The maximum atomic E-state index is 13.0. The maximum absolute atomic E-state index is 13.0. The van der Waals surface area contributed by atoms with E-state index < -0.39 is 0 Å². The van der Waals surface area contributed by atoms with Crippen LogP contribution in [0.15, 0.2) is 64.3 Å². The Bertz CT molecular complexity index is 1190. The summed E-state index contributed by atoms with van der Waals surface area (Å²) in [6.45, 7) is 1.92. The van der Waals surface area contributed by atoms with Crippen LogP contribution in [0.2, 0.25) is 0 Å². The first-order valence-electron chi connectivity index (χ1n) is 9.58. The standard InChI is InChI=1S/C22H20FN5O2S/c1-14-19(20(27-30-14)16-6-4-3-5-7-16)21(29)24-12-18-25-26-22(28(18)2)31-13-15-8-10-17(23)11-9-15/h3-11H,12-13H2,1-2H3,(H,24,29). The molecule has 1 N–H and O–H groups in total. The molecule has 0 bridgehead atoms. The van der Waals surface area contributed by atoms with Crippen molar-refractivity contribution in [3.63, 3.8) is 0 Å². The molecule has 4 rings (SSSR count). The summed E-state index contributed by atoms with van der Waals surface area (Å²) in [6, 6.07) is 15.8. The number of halogens is 1. The Morgan fingerprint density at radius 1 is 1.13 bits per heavy atom. The number of benzene rings is 2. The zero-order valence-corrected chi connectivity index (χ0v) is 17.8. The lowest BCUT2D eigenvalue weighted by Gasteiger charge is -2.07. The van der Waals surface area contributed by atoms with Gasteiger partial charge in [-0.1, -0.05) is 59.4 Å². The molecule has 2 aromatic carbocycles. The number of nitrogens with zero attached hydrogens (tertiary/aromatic N) is 4. The molecule has 0 fully saturated rings. The molecule has 0 aliphatic carbocycles. The highest BCUT2D eigenvalue weighted by Crippen LogP contribution is 2.25. The molecule has 9 heteroatoms. The Labute approximate surface area is 182 Å². The normalized spacial score (nSPS) is 10.9. The van der Waals surface area contributed by atoms with Crippen LogP contribution in [0.1, 0.15) is 27.5 Å². The van der Waals surface area contributed by atoms with Gasteiger partial charge in [0.05, 0.1) is 6.54 Å². The van der Waals surface area contributed by atoms with Crippen LogP contribution in [0.25, 0.3) is 11.3 Å². The minimum atomic E-state index is -0.291. The van der Waals surface area contributed by atoms with Gasteiger partial charge in [0.25, 0.3) is 5.91 Å². The van der Waals surface area contributed by atoms with Crippen molar-refractivity contribution >= 4 is 17.7 Å². The first kappa shape index (κ1) is 20.8. The second-order valence-corrected chi connectivity index (χ2v) is 7.83. The Morgan fingerprint density at radius 3 is 2.61 bits per heavy atom. The second-order valence-electron chi connectivity index (χ2n) is 6.88. The molecule has 0 aliphatic rings. The number of rotatable bonds is 7. The van der Waals surface area contributed by atoms with Crippen LogP contribution in [0.4, 0.5) is 4.39 Å². The lowest BCUT2D eigenvalue weighted by molar-refractivity contribution is 0.0948. The average molecular weight is 438 g/mol. The third-order valence-electron chi connectivity index (χ3n) is 4.75. The predicted molar refractivity (Wildman–Crippen MR) is 115 cm³/mol. The molecule has 0 saturated carbocycles. The molecule has 0 saturated heterocycles. The summed E-state index contributed by atoms with van der Waals surface area (Å²) < 4.78 is 20.1. The number of carbonyl (C=O) groups is 1. The molecule has 0 aliphatic heterocycles. The van der Waals surface area contributed by atoms with Crippen molar-refractivity contribution < 1.29 is 13.7 Å². The maximum Gasteiger partial charge on any atom is 0.257 e. The molecule has 2 heterocycles. The number of amides is 1. The van der Waals surface area contributed by atoms with E-state index in [1.54, 1.807) is 19.1 Å². The average Bonchev–Trinajstić information content (AvgIpc) is 3.34. The van der Waals surface area contributed by atoms with E-state index in [0.717, 1.165) is 11.1 Å². The summed E-state index contributed by atoms with van der Waals surface area (Å²) in [6.07, 6.45) is 0. The van der Waals surface area contributed by atoms with Crippen LogP contribution >= 0.6 is 11.8 Å². The number of thioether (sulfide) groups is 1. The van der Waals surface area contributed by atoms with Gasteiger partial charge in [0.2, 0.25) is 0 Å². The summed E-state index contributed by atoms with van der Waals surface area (Å²) >= 11 is 1.49. The molecule has 0 spiro atoms. The minimum absolute atomic E-state index is 0.207. The van der Waals surface area contributed by atoms with E-state index >= 15 is 0 Å². The van der Waals surface area contributed by atoms with Gasteiger partial charge < -0.3 is 14.4 Å². The van der Waals surface area contributed by atoms with E-state index in [4.69, 9.17) is 4.52 Å². The molecule has 0 radical (unpaired) electrons. The van der Waals surface area contributed by atoms with Gasteiger partial charge in [-0.15, -0.1) is 10.2 Å². The summed E-state index contributed by atoms with van der Waals surface area (Å²) in [5.74, 6) is 1.15. The molecule has 1 amide bonds. The molecule has 2 aromatic heterocycles. The van der Waals surface area contributed by atoms with Crippen LogP contribution in [0, 0.1) is 12.7 Å². The van der Waals surface area contributed by atoms with Gasteiger partial charge in [-0.25, -0.2) is 4.39 Å². The zero-order valence-electron chi connectivity index (χ0n) is 17.0. The van der Waals surface area contributed by atoms with Crippen molar-refractivity contribution in [1.82, 2.24) is 25.2 Å². The number of nitrogens with one attached hydrogen (secondary N) is 1.